The molecule has 2 heterocycles. The Morgan fingerprint density at radius 3 is 3.20 bits per heavy atom. The Morgan fingerprint density at radius 1 is 1.73 bits per heavy atom. The molecule has 1 unspecified atom stereocenters. The van der Waals surface area contributed by atoms with Crippen molar-refractivity contribution >= 4 is 33.1 Å². The molecule has 1 aromatic rings. The number of nitrogens with zero attached hydrogens (tertiary/aromatic N) is 2. The van der Waals surface area contributed by atoms with Crippen molar-refractivity contribution in [3.05, 3.63) is 22.4 Å². The van der Waals surface area contributed by atoms with Gasteiger partial charge in [0.25, 0.3) is 0 Å². The molecule has 1 aromatic heterocycles. The van der Waals surface area contributed by atoms with E-state index in [9.17, 15) is 0 Å². The Labute approximate surface area is 103 Å². The van der Waals surface area contributed by atoms with Crippen LogP contribution in [0.5, 0.6) is 0 Å². The summed E-state index contributed by atoms with van der Waals surface area (Å²) in [6, 6.07) is 0. The van der Waals surface area contributed by atoms with Gasteiger partial charge in [-0.3, -0.25) is 4.68 Å². The molecule has 0 radical (unpaired) electrons. The van der Waals surface area contributed by atoms with Crippen LogP contribution in [0.2, 0.25) is 0 Å². The summed E-state index contributed by atoms with van der Waals surface area (Å²) in [6.07, 6.45) is 3.93. The van der Waals surface area contributed by atoms with Gasteiger partial charge in [-0.25, -0.2) is 0 Å². The molecule has 15 heavy (non-hydrogen) atoms. The van der Waals surface area contributed by atoms with E-state index in [-0.39, 0.29) is 5.38 Å². The van der Waals surface area contributed by atoms with Crippen molar-refractivity contribution in [2.75, 3.05) is 13.1 Å². The fourth-order valence-corrected chi connectivity index (χ4v) is 2.58. The van der Waals surface area contributed by atoms with Crippen LogP contribution in [0, 0.1) is 0 Å². The van der Waals surface area contributed by atoms with Gasteiger partial charge < -0.3 is 5.32 Å². The number of nitrogens with one attached hydrogen (secondary N) is 1. The highest BCUT2D eigenvalue weighted by Gasteiger charge is 2.17. The molecule has 1 aliphatic heterocycles. The van der Waals surface area contributed by atoms with Crippen molar-refractivity contribution in [1.82, 2.24) is 15.1 Å². The molecule has 0 fully saturated rings. The summed E-state index contributed by atoms with van der Waals surface area (Å²) in [5.74, 6) is 0. The second kappa shape index (κ2) is 4.68. The number of aryl methyl sites for hydroxylation is 1. The monoisotopic (exact) mass is 289 g/mol. The van der Waals surface area contributed by atoms with Crippen LogP contribution < -0.4 is 5.32 Å². The van der Waals surface area contributed by atoms with Gasteiger partial charge in [0, 0.05) is 19.6 Å². The Hall–Kier alpha value is -0.320. The van der Waals surface area contributed by atoms with Crippen LogP contribution in [0.25, 0.3) is 5.57 Å². The van der Waals surface area contributed by atoms with E-state index in [1.54, 1.807) is 0 Å². The van der Waals surface area contributed by atoms with Gasteiger partial charge in [-0.2, -0.15) is 5.10 Å². The second-order valence-electron chi connectivity index (χ2n) is 3.50. The maximum absolute atomic E-state index is 6.09. The van der Waals surface area contributed by atoms with Gasteiger partial charge in [-0.05, 0) is 28.4 Å². The average molecular weight is 291 g/mol. The molecule has 0 saturated carbocycles. The fourth-order valence-electron chi connectivity index (χ4n) is 1.76. The molecule has 0 aromatic carbocycles. The van der Waals surface area contributed by atoms with Crippen LogP contribution in [0.3, 0.4) is 0 Å². The van der Waals surface area contributed by atoms with Gasteiger partial charge in [0.15, 0.2) is 0 Å². The minimum Gasteiger partial charge on any atom is -0.311 e. The van der Waals surface area contributed by atoms with E-state index in [0.29, 0.717) is 0 Å². The zero-order chi connectivity index (χ0) is 10.8. The van der Waals surface area contributed by atoms with Crippen LogP contribution in [-0.4, -0.2) is 28.2 Å². The Kier molecular flexibility index (Phi) is 3.49. The first kappa shape index (κ1) is 11.2. The molecule has 1 atom stereocenters. The molecule has 1 N–H and O–H groups in total. The lowest BCUT2D eigenvalue weighted by Gasteiger charge is -2.19. The van der Waals surface area contributed by atoms with E-state index in [0.717, 1.165) is 29.8 Å². The number of rotatable bonds is 2. The third-order valence-corrected chi connectivity index (χ3v) is 3.30. The van der Waals surface area contributed by atoms with Gasteiger partial charge in [0.2, 0.25) is 0 Å². The van der Waals surface area contributed by atoms with E-state index in [1.807, 2.05) is 10.9 Å². The average Bonchev–Trinajstić information content (AvgIpc) is 2.59. The number of aromatic nitrogens is 2. The zero-order valence-corrected chi connectivity index (χ0v) is 10.8. The number of hydrogen-bond acceptors (Lipinski definition) is 2. The maximum atomic E-state index is 6.09. The molecule has 5 heteroatoms. The van der Waals surface area contributed by atoms with Crippen LogP contribution in [0.1, 0.15) is 12.6 Å². The van der Waals surface area contributed by atoms with Crippen LogP contribution >= 0.6 is 27.5 Å². The summed E-state index contributed by atoms with van der Waals surface area (Å²) < 4.78 is 3.01. The molecule has 1 aliphatic rings. The van der Waals surface area contributed by atoms with E-state index in [1.165, 1.54) is 5.57 Å². The van der Waals surface area contributed by atoms with Gasteiger partial charge in [0.05, 0.1) is 21.7 Å². The summed E-state index contributed by atoms with van der Waals surface area (Å²) in [5.41, 5.74) is 2.35. The highest BCUT2D eigenvalue weighted by Crippen LogP contribution is 2.26. The number of halogens is 2. The highest BCUT2D eigenvalue weighted by molar-refractivity contribution is 9.10. The van der Waals surface area contributed by atoms with Gasteiger partial charge in [0.1, 0.15) is 0 Å². The maximum Gasteiger partial charge on any atom is 0.0794 e. The largest absolute Gasteiger partial charge is 0.311 e. The van der Waals surface area contributed by atoms with Gasteiger partial charge in [-0.15, -0.1) is 11.6 Å². The summed E-state index contributed by atoms with van der Waals surface area (Å²) in [7, 11) is 0. The highest BCUT2D eigenvalue weighted by atomic mass is 79.9. The second-order valence-corrected chi connectivity index (χ2v) is 4.91. The number of alkyl halides is 1. The third-order valence-electron chi connectivity index (χ3n) is 2.44. The molecular formula is C10H13BrClN3. The summed E-state index contributed by atoms with van der Waals surface area (Å²) in [6.45, 7) is 4.64. The Balaban J connectivity index is 2.39. The van der Waals surface area contributed by atoms with Crippen LogP contribution in [0.4, 0.5) is 0 Å². The van der Waals surface area contributed by atoms with Crippen LogP contribution in [-0.2, 0) is 6.54 Å². The predicted molar refractivity (Wildman–Crippen MR) is 66.1 cm³/mol. The standard InChI is InChI=1S/C10H13BrClN3/c1-2-15-10(9(11)6-14-15)7-3-8(12)5-13-4-7/h3,6,8,13H,2,4-5H2,1H3. The normalized spacial score (nSPS) is 21.5. The first-order chi connectivity index (χ1) is 7.22. The first-order valence-corrected chi connectivity index (χ1v) is 6.22. The lowest BCUT2D eigenvalue weighted by molar-refractivity contribution is 0.643. The van der Waals surface area contributed by atoms with E-state index in [4.69, 9.17) is 11.6 Å². The van der Waals surface area contributed by atoms with Crippen molar-refractivity contribution in [3.63, 3.8) is 0 Å². The topological polar surface area (TPSA) is 29.9 Å². The summed E-state index contributed by atoms with van der Waals surface area (Å²) in [5, 5.41) is 7.65. The zero-order valence-electron chi connectivity index (χ0n) is 8.50. The van der Waals surface area contributed by atoms with Crippen molar-refractivity contribution in [3.8, 4) is 0 Å². The lowest BCUT2D eigenvalue weighted by atomic mass is 10.1. The van der Waals surface area contributed by atoms with E-state index < -0.39 is 0 Å². The van der Waals surface area contributed by atoms with Crippen LogP contribution in [0.15, 0.2) is 16.7 Å². The molecule has 82 valence electrons. The molecule has 0 spiro atoms. The summed E-state index contributed by atoms with van der Waals surface area (Å²) in [4.78, 5) is 0. The fraction of sp³-hybridized carbons (Fsp3) is 0.500. The van der Waals surface area contributed by atoms with Crippen molar-refractivity contribution in [2.45, 2.75) is 18.8 Å². The smallest absolute Gasteiger partial charge is 0.0794 e. The molecule has 0 amide bonds. The number of hydrogen-bond donors (Lipinski definition) is 1. The lowest BCUT2D eigenvalue weighted by Crippen LogP contribution is -2.29. The first-order valence-electron chi connectivity index (χ1n) is 4.99. The quantitative estimate of drug-likeness (QED) is 0.847. The van der Waals surface area contributed by atoms with E-state index in [2.05, 4.69) is 39.3 Å². The molecule has 2 rings (SSSR count). The van der Waals surface area contributed by atoms with Gasteiger partial charge >= 0.3 is 0 Å². The molecular weight excluding hydrogens is 277 g/mol. The SMILES string of the molecule is CCn1ncc(Br)c1C1=CC(Cl)CNC1. The predicted octanol–water partition coefficient (Wildman–Crippen LogP) is 2.26. The Morgan fingerprint density at radius 2 is 2.53 bits per heavy atom. The van der Waals surface area contributed by atoms with Gasteiger partial charge in [-0.1, -0.05) is 6.08 Å². The summed E-state index contributed by atoms with van der Waals surface area (Å²) >= 11 is 9.61. The minimum atomic E-state index is 0.0702. The van der Waals surface area contributed by atoms with Crippen molar-refractivity contribution in [2.24, 2.45) is 0 Å². The molecule has 0 aliphatic carbocycles. The molecule has 3 nitrogen and oxygen atoms in total. The van der Waals surface area contributed by atoms with E-state index >= 15 is 0 Å². The third kappa shape index (κ3) is 2.27. The van der Waals surface area contributed by atoms with Crippen molar-refractivity contribution < 1.29 is 0 Å². The molecule has 0 bridgehead atoms. The minimum absolute atomic E-state index is 0.0702. The Bertz CT molecular complexity index is 386. The molecule has 0 saturated heterocycles. The van der Waals surface area contributed by atoms with Crippen molar-refractivity contribution in [1.29, 1.82) is 0 Å².